The first-order valence-electron chi connectivity index (χ1n) is 9.30. The summed E-state index contributed by atoms with van der Waals surface area (Å²) >= 11 is 0. The van der Waals surface area contributed by atoms with Gasteiger partial charge in [0.2, 0.25) is 0 Å². The van der Waals surface area contributed by atoms with Crippen LogP contribution >= 0.6 is 0 Å². The average Bonchev–Trinajstić information content (AvgIpc) is 3.16. The van der Waals surface area contributed by atoms with E-state index in [1.807, 2.05) is 48.5 Å². The van der Waals surface area contributed by atoms with Crippen molar-refractivity contribution in [2.24, 2.45) is 5.10 Å². The highest BCUT2D eigenvalue weighted by Crippen LogP contribution is 2.27. The summed E-state index contributed by atoms with van der Waals surface area (Å²) in [5.41, 5.74) is 5.15. The number of hydrazone groups is 1. The molecule has 0 atom stereocenters. The molecule has 0 unspecified atom stereocenters. The molecule has 0 radical (unpaired) electrons. The number of carbonyl (C=O) groups excluding carboxylic acids is 1. The molecular weight excluding hydrogens is 362 g/mol. The fourth-order valence-electron chi connectivity index (χ4n) is 3.56. The summed E-state index contributed by atoms with van der Waals surface area (Å²) in [4.78, 5) is 12.4. The average molecular weight is 379 g/mol. The predicted octanol–water partition coefficient (Wildman–Crippen LogP) is 3.89. The molecule has 6 heteroatoms. The molecule has 0 saturated carbocycles. The van der Waals surface area contributed by atoms with Gasteiger partial charge in [-0.05, 0) is 39.7 Å². The van der Waals surface area contributed by atoms with E-state index in [9.17, 15) is 4.79 Å². The fraction of sp³-hybridized carbons (Fsp3) is 0.0435. The van der Waals surface area contributed by atoms with Crippen LogP contribution in [0.15, 0.2) is 84.0 Å². The number of benzene rings is 4. The van der Waals surface area contributed by atoms with Crippen LogP contribution in [0.4, 0.5) is 0 Å². The lowest BCUT2D eigenvalue weighted by Crippen LogP contribution is -2.23. The maximum Gasteiger partial charge on any atom is 0.261 e. The number of para-hydroxylation sites is 1. The minimum Gasteiger partial charge on any atom is -0.271 e. The zero-order valence-corrected chi connectivity index (χ0v) is 15.5. The first-order chi connectivity index (χ1) is 14.3. The van der Waals surface area contributed by atoms with Crippen LogP contribution in [0.25, 0.3) is 32.6 Å². The number of hydrogen-bond acceptors (Lipinski definition) is 4. The van der Waals surface area contributed by atoms with Gasteiger partial charge in [0, 0.05) is 5.56 Å². The highest BCUT2D eigenvalue weighted by molar-refractivity contribution is 6.13. The van der Waals surface area contributed by atoms with Crippen LogP contribution in [0.3, 0.4) is 0 Å². The predicted molar refractivity (Wildman–Crippen MR) is 115 cm³/mol. The monoisotopic (exact) mass is 379 g/mol. The quantitative estimate of drug-likeness (QED) is 0.293. The molecule has 1 heterocycles. The lowest BCUT2D eigenvalue weighted by Gasteiger charge is -2.08. The molecule has 140 valence electrons. The smallest absolute Gasteiger partial charge is 0.261 e. The summed E-state index contributed by atoms with van der Waals surface area (Å²) in [5, 5.41) is 16.8. The van der Waals surface area contributed by atoms with Gasteiger partial charge in [-0.3, -0.25) is 4.79 Å². The maximum absolute atomic E-state index is 12.4. The van der Waals surface area contributed by atoms with Gasteiger partial charge in [0.25, 0.3) is 5.91 Å². The van der Waals surface area contributed by atoms with Crippen molar-refractivity contribution in [2.75, 3.05) is 0 Å². The Kier molecular flexibility index (Phi) is 4.22. The molecule has 5 rings (SSSR count). The van der Waals surface area contributed by atoms with E-state index >= 15 is 0 Å². The third kappa shape index (κ3) is 3.21. The van der Waals surface area contributed by atoms with E-state index in [1.54, 1.807) is 10.9 Å². The number of amides is 1. The number of hydrogen-bond donors (Lipinski definition) is 1. The Morgan fingerprint density at radius 1 is 0.931 bits per heavy atom. The largest absolute Gasteiger partial charge is 0.271 e. The minimum atomic E-state index is -0.263. The molecule has 0 fully saturated rings. The number of fused-ring (bicyclic) bond motifs is 3. The summed E-state index contributed by atoms with van der Waals surface area (Å²) in [6.45, 7) is 0.0497. The Balaban J connectivity index is 1.42. The van der Waals surface area contributed by atoms with Crippen molar-refractivity contribution in [3.05, 3.63) is 84.4 Å². The van der Waals surface area contributed by atoms with Crippen LogP contribution in [-0.2, 0) is 11.3 Å². The van der Waals surface area contributed by atoms with Crippen LogP contribution in [-0.4, -0.2) is 27.1 Å². The molecule has 0 aliphatic rings. The Bertz CT molecular complexity index is 1330. The summed E-state index contributed by atoms with van der Waals surface area (Å²) in [5.74, 6) is -0.263. The van der Waals surface area contributed by atoms with Gasteiger partial charge in [0.1, 0.15) is 12.1 Å². The molecular formula is C23H17N5O. The lowest BCUT2D eigenvalue weighted by atomic mass is 9.97. The zero-order valence-electron chi connectivity index (χ0n) is 15.5. The summed E-state index contributed by atoms with van der Waals surface area (Å²) in [6.07, 6.45) is 1.71. The van der Waals surface area contributed by atoms with E-state index in [-0.39, 0.29) is 12.5 Å². The van der Waals surface area contributed by atoms with E-state index in [2.05, 4.69) is 51.2 Å². The van der Waals surface area contributed by atoms with E-state index < -0.39 is 0 Å². The van der Waals surface area contributed by atoms with Crippen LogP contribution in [0.1, 0.15) is 5.56 Å². The SMILES string of the molecule is O=C(Cn1nnc2ccccc21)N/N=C/c1c2ccccc2cc2ccccc12. The highest BCUT2D eigenvalue weighted by Gasteiger charge is 2.08. The van der Waals surface area contributed by atoms with Gasteiger partial charge in [0.05, 0.1) is 11.7 Å². The molecule has 4 aromatic carbocycles. The third-order valence-electron chi connectivity index (χ3n) is 4.91. The molecule has 0 aliphatic heterocycles. The van der Waals surface area contributed by atoms with Crippen molar-refractivity contribution in [3.8, 4) is 0 Å². The normalized spacial score (nSPS) is 11.6. The Morgan fingerprint density at radius 2 is 1.59 bits per heavy atom. The van der Waals surface area contributed by atoms with Crippen molar-refractivity contribution in [3.63, 3.8) is 0 Å². The van der Waals surface area contributed by atoms with Crippen molar-refractivity contribution in [2.45, 2.75) is 6.54 Å². The molecule has 29 heavy (non-hydrogen) atoms. The van der Waals surface area contributed by atoms with Gasteiger partial charge in [-0.15, -0.1) is 5.10 Å². The zero-order chi connectivity index (χ0) is 19.6. The molecule has 1 aromatic heterocycles. The van der Waals surface area contributed by atoms with Gasteiger partial charge >= 0.3 is 0 Å². The van der Waals surface area contributed by atoms with Crippen molar-refractivity contribution in [1.29, 1.82) is 0 Å². The van der Waals surface area contributed by atoms with Gasteiger partial charge in [-0.1, -0.05) is 65.9 Å². The van der Waals surface area contributed by atoms with Crippen molar-refractivity contribution >= 4 is 44.7 Å². The molecule has 6 nitrogen and oxygen atoms in total. The Hall–Kier alpha value is -4.06. The number of rotatable bonds is 4. The topological polar surface area (TPSA) is 72.2 Å². The van der Waals surface area contributed by atoms with Gasteiger partial charge < -0.3 is 0 Å². The van der Waals surface area contributed by atoms with Gasteiger partial charge in [-0.25, -0.2) is 10.1 Å². The molecule has 1 N–H and O–H groups in total. The summed E-state index contributed by atoms with van der Waals surface area (Å²) in [6, 6.07) is 26.0. The van der Waals surface area contributed by atoms with Crippen LogP contribution in [0, 0.1) is 0 Å². The van der Waals surface area contributed by atoms with Crippen LogP contribution in [0.5, 0.6) is 0 Å². The third-order valence-corrected chi connectivity index (χ3v) is 4.91. The fourth-order valence-corrected chi connectivity index (χ4v) is 3.56. The standard InChI is InChI=1S/C23H17N5O/c29-23(15-28-22-12-6-5-11-21(22)25-27-28)26-24-14-20-18-9-3-1-7-16(18)13-17-8-2-4-10-19(17)20/h1-14H,15H2,(H,26,29)/b24-14+. The van der Waals surface area contributed by atoms with E-state index in [0.717, 1.165) is 38.1 Å². The number of aromatic nitrogens is 3. The molecule has 0 saturated heterocycles. The first kappa shape index (κ1) is 17.1. The lowest BCUT2D eigenvalue weighted by molar-refractivity contribution is -0.121. The van der Waals surface area contributed by atoms with Gasteiger partial charge in [0.15, 0.2) is 0 Å². The second-order valence-electron chi connectivity index (χ2n) is 6.76. The Labute approximate surface area is 166 Å². The molecule has 0 bridgehead atoms. The number of nitrogens with zero attached hydrogens (tertiary/aromatic N) is 4. The van der Waals surface area contributed by atoms with Crippen molar-refractivity contribution in [1.82, 2.24) is 20.4 Å². The highest BCUT2D eigenvalue weighted by atomic mass is 16.2. The van der Waals surface area contributed by atoms with Crippen LogP contribution < -0.4 is 5.43 Å². The van der Waals surface area contributed by atoms with Crippen molar-refractivity contribution < 1.29 is 4.79 Å². The second kappa shape index (κ2) is 7.16. The number of carbonyl (C=O) groups is 1. The van der Waals surface area contributed by atoms with E-state index in [4.69, 9.17) is 0 Å². The molecule has 0 aliphatic carbocycles. The minimum absolute atomic E-state index is 0.0497. The first-order valence-corrected chi connectivity index (χ1v) is 9.30. The molecule has 5 aromatic rings. The van der Waals surface area contributed by atoms with E-state index in [1.165, 1.54) is 0 Å². The second-order valence-corrected chi connectivity index (χ2v) is 6.76. The summed E-state index contributed by atoms with van der Waals surface area (Å²) in [7, 11) is 0. The van der Waals surface area contributed by atoms with Crippen LogP contribution in [0.2, 0.25) is 0 Å². The Morgan fingerprint density at radius 3 is 2.34 bits per heavy atom. The maximum atomic E-state index is 12.4. The molecule has 1 amide bonds. The molecule has 0 spiro atoms. The van der Waals surface area contributed by atoms with Gasteiger partial charge in [-0.2, -0.15) is 5.10 Å². The van der Waals surface area contributed by atoms with E-state index in [0.29, 0.717) is 0 Å². The summed E-state index contributed by atoms with van der Waals surface area (Å²) < 4.78 is 1.56. The number of nitrogens with one attached hydrogen (secondary N) is 1.